The summed E-state index contributed by atoms with van der Waals surface area (Å²) in [4.78, 5) is 3.90. The molecule has 96 valence electrons. The van der Waals surface area contributed by atoms with Crippen LogP contribution in [0.3, 0.4) is 0 Å². The van der Waals surface area contributed by atoms with E-state index < -0.39 is 10.0 Å². The van der Waals surface area contributed by atoms with Crippen LogP contribution in [0.4, 0.5) is 5.82 Å². The third kappa shape index (κ3) is 3.65. The molecule has 0 aliphatic rings. The Morgan fingerprint density at radius 2 is 2.24 bits per heavy atom. The van der Waals surface area contributed by atoms with Gasteiger partial charge < -0.3 is 10.5 Å². The number of likely N-dealkylation sites (N-methyl/N-ethyl adjacent to an activating group) is 1. The zero-order valence-electron chi connectivity index (χ0n) is 9.96. The van der Waals surface area contributed by atoms with E-state index in [0.717, 1.165) is 0 Å². The van der Waals surface area contributed by atoms with Crippen molar-refractivity contribution in [2.75, 3.05) is 32.5 Å². The van der Waals surface area contributed by atoms with Crippen LogP contribution < -0.4 is 5.73 Å². The standard InChI is InChI=1S/C10H17N3O3S/c1-3-16-7-6-13(2)17(14,15)9-4-5-12-10(11)8-9/h4-5,8H,3,6-7H2,1-2H3,(H2,11,12). The van der Waals surface area contributed by atoms with Gasteiger partial charge in [0.1, 0.15) is 5.82 Å². The minimum absolute atomic E-state index is 0.143. The van der Waals surface area contributed by atoms with Crippen LogP contribution in [0.15, 0.2) is 23.2 Å². The zero-order valence-corrected chi connectivity index (χ0v) is 10.8. The lowest BCUT2D eigenvalue weighted by Gasteiger charge is -2.16. The molecule has 1 aromatic heterocycles. The Morgan fingerprint density at radius 1 is 1.53 bits per heavy atom. The molecule has 0 saturated heterocycles. The summed E-state index contributed by atoms with van der Waals surface area (Å²) in [6.07, 6.45) is 1.37. The molecule has 0 atom stereocenters. The molecular weight excluding hydrogens is 242 g/mol. The van der Waals surface area contributed by atoms with E-state index in [-0.39, 0.29) is 10.7 Å². The van der Waals surface area contributed by atoms with Gasteiger partial charge in [0.25, 0.3) is 0 Å². The van der Waals surface area contributed by atoms with Gasteiger partial charge in [0, 0.05) is 32.5 Å². The van der Waals surface area contributed by atoms with Crippen LogP contribution in [0, 0.1) is 0 Å². The number of rotatable bonds is 6. The van der Waals surface area contributed by atoms with Gasteiger partial charge in [-0.25, -0.2) is 13.4 Å². The fourth-order valence-corrected chi connectivity index (χ4v) is 2.40. The Hall–Kier alpha value is -1.18. The highest BCUT2D eigenvalue weighted by molar-refractivity contribution is 7.89. The van der Waals surface area contributed by atoms with Crippen molar-refractivity contribution in [2.45, 2.75) is 11.8 Å². The molecule has 0 unspecified atom stereocenters. The molecule has 1 aromatic rings. The summed E-state index contributed by atoms with van der Waals surface area (Å²) in [5.74, 6) is 0.185. The van der Waals surface area contributed by atoms with Crippen molar-refractivity contribution in [3.05, 3.63) is 18.3 Å². The van der Waals surface area contributed by atoms with Gasteiger partial charge >= 0.3 is 0 Å². The quantitative estimate of drug-likeness (QED) is 0.744. The predicted octanol–water partition coefficient (Wildman–Crippen LogP) is 0.321. The Kier molecular flexibility index (Phi) is 4.86. The molecule has 6 nitrogen and oxygen atoms in total. The van der Waals surface area contributed by atoms with E-state index in [1.807, 2.05) is 6.92 Å². The summed E-state index contributed by atoms with van der Waals surface area (Å²) in [6, 6.07) is 2.76. The molecule has 1 rings (SSSR count). The molecule has 2 N–H and O–H groups in total. The highest BCUT2D eigenvalue weighted by Crippen LogP contribution is 2.14. The molecule has 0 amide bonds. The molecule has 0 bridgehead atoms. The predicted molar refractivity (Wildman–Crippen MR) is 65.0 cm³/mol. The monoisotopic (exact) mass is 259 g/mol. The van der Waals surface area contributed by atoms with E-state index in [9.17, 15) is 8.42 Å². The highest BCUT2D eigenvalue weighted by Gasteiger charge is 2.20. The molecule has 0 saturated carbocycles. The van der Waals surface area contributed by atoms with Gasteiger partial charge in [0.05, 0.1) is 11.5 Å². The van der Waals surface area contributed by atoms with Crippen LogP contribution >= 0.6 is 0 Å². The largest absolute Gasteiger partial charge is 0.384 e. The van der Waals surface area contributed by atoms with E-state index in [0.29, 0.717) is 19.8 Å². The number of sulfonamides is 1. The van der Waals surface area contributed by atoms with Gasteiger partial charge in [-0.2, -0.15) is 4.31 Å². The zero-order chi connectivity index (χ0) is 12.9. The fourth-order valence-electron chi connectivity index (χ4n) is 1.23. The first-order valence-corrected chi connectivity index (χ1v) is 6.68. The van der Waals surface area contributed by atoms with E-state index in [2.05, 4.69) is 4.98 Å². The molecule has 0 spiro atoms. The van der Waals surface area contributed by atoms with Crippen LogP contribution in [0.5, 0.6) is 0 Å². The van der Waals surface area contributed by atoms with Crippen molar-refractivity contribution in [1.82, 2.24) is 9.29 Å². The van der Waals surface area contributed by atoms with Crippen molar-refractivity contribution in [2.24, 2.45) is 0 Å². The lowest BCUT2D eigenvalue weighted by molar-refractivity contribution is 0.138. The number of ether oxygens (including phenoxy) is 1. The van der Waals surface area contributed by atoms with E-state index in [1.165, 1.54) is 29.7 Å². The summed E-state index contributed by atoms with van der Waals surface area (Å²) in [7, 11) is -2.00. The van der Waals surface area contributed by atoms with Crippen LogP contribution in [0.1, 0.15) is 6.92 Å². The second-order valence-electron chi connectivity index (χ2n) is 3.44. The number of nitrogens with two attached hydrogens (primary N) is 1. The van der Waals surface area contributed by atoms with E-state index in [1.54, 1.807) is 0 Å². The Balaban J connectivity index is 2.80. The van der Waals surface area contributed by atoms with E-state index >= 15 is 0 Å². The highest BCUT2D eigenvalue weighted by atomic mass is 32.2. The summed E-state index contributed by atoms with van der Waals surface area (Å²) < 4.78 is 30.5. The topological polar surface area (TPSA) is 85.5 Å². The normalized spacial score (nSPS) is 11.9. The van der Waals surface area contributed by atoms with Gasteiger partial charge in [-0.3, -0.25) is 0 Å². The smallest absolute Gasteiger partial charge is 0.243 e. The maximum absolute atomic E-state index is 12.1. The minimum Gasteiger partial charge on any atom is -0.384 e. The van der Waals surface area contributed by atoms with Gasteiger partial charge in [-0.05, 0) is 13.0 Å². The number of anilines is 1. The van der Waals surface area contributed by atoms with Crippen molar-refractivity contribution in [1.29, 1.82) is 0 Å². The maximum Gasteiger partial charge on any atom is 0.243 e. The van der Waals surface area contributed by atoms with Crippen molar-refractivity contribution < 1.29 is 13.2 Å². The summed E-state index contributed by atoms with van der Waals surface area (Å²) >= 11 is 0. The van der Waals surface area contributed by atoms with Gasteiger partial charge in [0.15, 0.2) is 0 Å². The first kappa shape index (κ1) is 13.9. The van der Waals surface area contributed by atoms with Gasteiger partial charge in [-0.15, -0.1) is 0 Å². The second kappa shape index (κ2) is 5.95. The number of hydrogen-bond acceptors (Lipinski definition) is 5. The maximum atomic E-state index is 12.1. The van der Waals surface area contributed by atoms with Crippen molar-refractivity contribution in [3.8, 4) is 0 Å². The number of nitrogen functional groups attached to an aromatic ring is 1. The average Bonchev–Trinajstić information content (AvgIpc) is 2.29. The molecule has 7 heteroatoms. The minimum atomic E-state index is -3.51. The molecule has 0 radical (unpaired) electrons. The Labute approximate surface area is 101 Å². The number of aromatic nitrogens is 1. The molecule has 0 aliphatic carbocycles. The summed E-state index contributed by atoms with van der Waals surface area (Å²) in [6.45, 7) is 3.10. The van der Waals surface area contributed by atoms with Gasteiger partial charge in [0.2, 0.25) is 10.0 Å². The molecule has 0 aromatic carbocycles. The summed E-state index contributed by atoms with van der Waals surface area (Å²) in [5, 5.41) is 0. The molecule has 0 fully saturated rings. The fraction of sp³-hybridized carbons (Fsp3) is 0.500. The molecular formula is C10H17N3O3S. The SMILES string of the molecule is CCOCCN(C)S(=O)(=O)c1ccnc(N)c1. The van der Waals surface area contributed by atoms with Crippen LogP contribution in [0.25, 0.3) is 0 Å². The number of pyridine rings is 1. The molecule has 17 heavy (non-hydrogen) atoms. The Bertz CT molecular complexity index is 462. The first-order chi connectivity index (χ1) is 7.98. The van der Waals surface area contributed by atoms with Crippen molar-refractivity contribution >= 4 is 15.8 Å². The third-order valence-electron chi connectivity index (χ3n) is 2.22. The first-order valence-electron chi connectivity index (χ1n) is 5.24. The van der Waals surface area contributed by atoms with Crippen LogP contribution in [0.2, 0.25) is 0 Å². The van der Waals surface area contributed by atoms with Crippen molar-refractivity contribution in [3.63, 3.8) is 0 Å². The lowest BCUT2D eigenvalue weighted by atomic mass is 10.5. The summed E-state index contributed by atoms with van der Waals surface area (Å²) in [5.41, 5.74) is 5.46. The van der Waals surface area contributed by atoms with Gasteiger partial charge in [-0.1, -0.05) is 0 Å². The number of nitrogens with zero attached hydrogens (tertiary/aromatic N) is 2. The molecule has 1 heterocycles. The van der Waals surface area contributed by atoms with Crippen LogP contribution in [-0.4, -0.2) is 44.5 Å². The van der Waals surface area contributed by atoms with E-state index in [4.69, 9.17) is 10.5 Å². The van der Waals surface area contributed by atoms with Crippen LogP contribution in [-0.2, 0) is 14.8 Å². The lowest BCUT2D eigenvalue weighted by Crippen LogP contribution is -2.30. The number of hydrogen-bond donors (Lipinski definition) is 1. The second-order valence-corrected chi connectivity index (χ2v) is 5.48. The third-order valence-corrected chi connectivity index (χ3v) is 4.07. The Morgan fingerprint density at radius 3 is 2.82 bits per heavy atom. The molecule has 0 aliphatic heterocycles. The average molecular weight is 259 g/mol.